The molecule has 0 aliphatic rings. The number of carboxylic acid groups (broad SMARTS) is 1. The standard InChI is InChI=1S/C38H53ClN2O6/c1-6-8-10-12-30(24-34(42)29-16-14-27(15-17-29)28-18-20-31(39)21-19-28)37(45)40-32(13-11-9-7-2)35(43)23-26(5)36(44)41-33(38(46)47)22-25(3)4/h14-21,25-26,30,32-33H,6-13,22-24H2,1-5H3,(H,40,45)(H,41,44)(H,46,47)/t26-,30-,32+,33+/m1/s1. The summed E-state index contributed by atoms with van der Waals surface area (Å²) in [7, 11) is 0. The second kappa shape index (κ2) is 20.7. The molecule has 0 aromatic heterocycles. The number of halogens is 1. The number of carboxylic acids is 1. The molecule has 0 spiro atoms. The highest BCUT2D eigenvalue weighted by atomic mass is 35.5. The number of carbonyl (C=O) groups excluding carboxylic acids is 4. The van der Waals surface area contributed by atoms with Crippen molar-refractivity contribution in [1.29, 1.82) is 0 Å². The lowest BCUT2D eigenvalue weighted by Crippen LogP contribution is -2.47. The Kier molecular flexibility index (Phi) is 17.4. The summed E-state index contributed by atoms with van der Waals surface area (Å²) < 4.78 is 0. The van der Waals surface area contributed by atoms with E-state index in [2.05, 4.69) is 24.5 Å². The van der Waals surface area contributed by atoms with Crippen LogP contribution in [0.4, 0.5) is 0 Å². The zero-order chi connectivity index (χ0) is 34.9. The molecule has 0 unspecified atom stereocenters. The lowest BCUT2D eigenvalue weighted by Gasteiger charge is -2.24. The van der Waals surface area contributed by atoms with Crippen molar-refractivity contribution in [2.24, 2.45) is 17.8 Å². The van der Waals surface area contributed by atoms with Crippen LogP contribution >= 0.6 is 11.6 Å². The van der Waals surface area contributed by atoms with Gasteiger partial charge in [-0.1, -0.05) is 121 Å². The number of aliphatic carboxylic acids is 1. The fourth-order valence-electron chi connectivity index (χ4n) is 5.54. The van der Waals surface area contributed by atoms with Gasteiger partial charge < -0.3 is 15.7 Å². The van der Waals surface area contributed by atoms with Gasteiger partial charge in [-0.3, -0.25) is 19.2 Å². The van der Waals surface area contributed by atoms with Crippen LogP contribution in [0, 0.1) is 17.8 Å². The van der Waals surface area contributed by atoms with E-state index in [1.807, 2.05) is 50.2 Å². The quantitative estimate of drug-likeness (QED) is 0.0860. The minimum Gasteiger partial charge on any atom is -0.480 e. The van der Waals surface area contributed by atoms with Crippen molar-refractivity contribution < 1.29 is 29.1 Å². The number of hydrogen-bond acceptors (Lipinski definition) is 5. The van der Waals surface area contributed by atoms with Crippen molar-refractivity contribution in [2.75, 3.05) is 0 Å². The Bertz CT molecular complexity index is 1310. The number of amides is 2. The van der Waals surface area contributed by atoms with Crippen LogP contribution in [0.5, 0.6) is 0 Å². The van der Waals surface area contributed by atoms with Gasteiger partial charge in [-0.2, -0.15) is 0 Å². The Hall–Kier alpha value is -3.52. The third-order valence-corrected chi connectivity index (χ3v) is 8.67. The molecule has 0 saturated heterocycles. The number of benzene rings is 2. The first kappa shape index (κ1) is 39.7. The topological polar surface area (TPSA) is 130 Å². The van der Waals surface area contributed by atoms with Crippen molar-refractivity contribution >= 4 is 41.0 Å². The Morgan fingerprint density at radius 3 is 1.77 bits per heavy atom. The van der Waals surface area contributed by atoms with Crippen LogP contribution in [0.25, 0.3) is 11.1 Å². The number of Topliss-reactive ketones (excluding diaryl/α,β-unsaturated/α-hetero) is 2. The van der Waals surface area contributed by atoms with E-state index in [-0.39, 0.29) is 42.7 Å². The Morgan fingerprint density at radius 1 is 0.702 bits per heavy atom. The van der Waals surface area contributed by atoms with E-state index in [1.165, 1.54) is 0 Å². The molecule has 3 N–H and O–H groups in total. The molecule has 2 amide bonds. The van der Waals surface area contributed by atoms with Gasteiger partial charge in [-0.05, 0) is 48.4 Å². The molecule has 0 aliphatic heterocycles. The molecular weight excluding hydrogens is 616 g/mol. The zero-order valence-electron chi connectivity index (χ0n) is 28.7. The highest BCUT2D eigenvalue weighted by Crippen LogP contribution is 2.24. The molecule has 4 atom stereocenters. The predicted octanol–water partition coefficient (Wildman–Crippen LogP) is 8.05. The highest BCUT2D eigenvalue weighted by molar-refractivity contribution is 6.30. The maximum Gasteiger partial charge on any atom is 0.326 e. The van der Waals surface area contributed by atoms with Crippen molar-refractivity contribution in [2.45, 2.75) is 117 Å². The summed E-state index contributed by atoms with van der Waals surface area (Å²) in [5.41, 5.74) is 2.45. The van der Waals surface area contributed by atoms with E-state index in [9.17, 15) is 29.1 Å². The van der Waals surface area contributed by atoms with Gasteiger partial charge in [-0.25, -0.2) is 4.79 Å². The maximum absolute atomic E-state index is 13.7. The van der Waals surface area contributed by atoms with Crippen molar-refractivity contribution in [3.63, 3.8) is 0 Å². The summed E-state index contributed by atoms with van der Waals surface area (Å²) in [5.74, 6) is -3.66. The number of carbonyl (C=O) groups is 5. The summed E-state index contributed by atoms with van der Waals surface area (Å²) in [4.78, 5) is 65.1. The van der Waals surface area contributed by atoms with Crippen LogP contribution in [-0.4, -0.2) is 46.5 Å². The monoisotopic (exact) mass is 668 g/mol. The van der Waals surface area contributed by atoms with Crippen LogP contribution in [-0.2, 0) is 19.2 Å². The first-order valence-electron chi connectivity index (χ1n) is 17.1. The highest BCUT2D eigenvalue weighted by Gasteiger charge is 2.30. The van der Waals surface area contributed by atoms with Crippen LogP contribution < -0.4 is 10.6 Å². The summed E-state index contributed by atoms with van der Waals surface area (Å²) >= 11 is 6.01. The fraction of sp³-hybridized carbons (Fsp3) is 0.553. The van der Waals surface area contributed by atoms with E-state index in [1.54, 1.807) is 19.1 Å². The molecule has 0 bridgehead atoms. The second-order valence-electron chi connectivity index (χ2n) is 13.1. The number of ketones is 2. The molecule has 0 saturated carbocycles. The summed E-state index contributed by atoms with van der Waals surface area (Å²) in [5, 5.41) is 15.7. The summed E-state index contributed by atoms with van der Waals surface area (Å²) in [6.07, 6.45) is 6.34. The van der Waals surface area contributed by atoms with Crippen molar-refractivity contribution in [3.05, 3.63) is 59.1 Å². The van der Waals surface area contributed by atoms with Crippen LogP contribution in [0.1, 0.15) is 116 Å². The lowest BCUT2D eigenvalue weighted by atomic mass is 9.90. The van der Waals surface area contributed by atoms with Gasteiger partial charge in [0, 0.05) is 35.3 Å². The predicted molar refractivity (Wildman–Crippen MR) is 187 cm³/mol. The molecule has 2 rings (SSSR count). The van der Waals surface area contributed by atoms with Gasteiger partial charge in [0.1, 0.15) is 6.04 Å². The summed E-state index contributed by atoms with van der Waals surface area (Å²) in [6.45, 7) is 9.47. The van der Waals surface area contributed by atoms with Gasteiger partial charge in [0.25, 0.3) is 0 Å². The summed E-state index contributed by atoms with van der Waals surface area (Å²) in [6, 6.07) is 12.9. The molecule has 47 heavy (non-hydrogen) atoms. The molecule has 0 fully saturated rings. The van der Waals surface area contributed by atoms with E-state index in [0.717, 1.165) is 49.7 Å². The van der Waals surface area contributed by atoms with Gasteiger partial charge in [0.2, 0.25) is 11.8 Å². The number of nitrogens with one attached hydrogen (secondary N) is 2. The normalized spacial score (nSPS) is 13.8. The largest absolute Gasteiger partial charge is 0.480 e. The SMILES string of the molecule is CCCCC[C@H](CC(=O)c1ccc(-c2ccc(Cl)cc2)cc1)C(=O)N[C@@H](CCCCC)C(=O)C[C@@H](C)C(=O)N[C@@H](CC(C)C)C(=O)O. The van der Waals surface area contributed by atoms with Crippen LogP contribution in [0.2, 0.25) is 5.02 Å². The maximum atomic E-state index is 13.7. The Balaban J connectivity index is 2.15. The smallest absolute Gasteiger partial charge is 0.326 e. The molecule has 0 aliphatic carbocycles. The van der Waals surface area contributed by atoms with Gasteiger partial charge in [0.05, 0.1) is 6.04 Å². The van der Waals surface area contributed by atoms with Gasteiger partial charge >= 0.3 is 5.97 Å². The molecule has 0 heterocycles. The molecule has 2 aromatic rings. The molecule has 2 aromatic carbocycles. The minimum absolute atomic E-state index is 0.0247. The van der Waals surface area contributed by atoms with E-state index in [4.69, 9.17) is 11.6 Å². The molecule has 8 nitrogen and oxygen atoms in total. The first-order valence-corrected chi connectivity index (χ1v) is 17.5. The average Bonchev–Trinajstić information content (AvgIpc) is 3.03. The third kappa shape index (κ3) is 14.0. The van der Waals surface area contributed by atoms with Crippen molar-refractivity contribution in [1.82, 2.24) is 10.6 Å². The Morgan fingerprint density at radius 2 is 1.23 bits per heavy atom. The first-order chi connectivity index (χ1) is 22.4. The number of unbranched alkanes of at least 4 members (excludes halogenated alkanes) is 4. The van der Waals surface area contributed by atoms with E-state index < -0.39 is 35.8 Å². The fourth-order valence-corrected chi connectivity index (χ4v) is 5.67. The molecule has 0 radical (unpaired) electrons. The van der Waals surface area contributed by atoms with Crippen LogP contribution in [0.3, 0.4) is 0 Å². The van der Waals surface area contributed by atoms with Gasteiger partial charge in [0.15, 0.2) is 11.6 Å². The molecule has 9 heteroatoms. The molecule has 258 valence electrons. The van der Waals surface area contributed by atoms with E-state index >= 15 is 0 Å². The third-order valence-electron chi connectivity index (χ3n) is 8.42. The lowest BCUT2D eigenvalue weighted by molar-refractivity contribution is -0.143. The number of rotatable bonds is 22. The average molecular weight is 669 g/mol. The number of hydrogen-bond donors (Lipinski definition) is 3. The zero-order valence-corrected chi connectivity index (χ0v) is 29.4. The second-order valence-corrected chi connectivity index (χ2v) is 13.5. The Labute approximate surface area is 285 Å². The van der Waals surface area contributed by atoms with Crippen LogP contribution in [0.15, 0.2) is 48.5 Å². The molecular formula is C38H53ClN2O6. The van der Waals surface area contributed by atoms with Crippen molar-refractivity contribution in [3.8, 4) is 11.1 Å². The van der Waals surface area contributed by atoms with E-state index in [0.29, 0.717) is 23.4 Å². The minimum atomic E-state index is -1.11. The van der Waals surface area contributed by atoms with Gasteiger partial charge in [-0.15, -0.1) is 0 Å².